The summed E-state index contributed by atoms with van der Waals surface area (Å²) in [5, 5.41) is 17.2. The van der Waals surface area contributed by atoms with Crippen molar-refractivity contribution in [1.82, 2.24) is 14.8 Å². The Balaban J connectivity index is 1.75. The molecule has 112 valence electrons. The van der Waals surface area contributed by atoms with Crippen molar-refractivity contribution in [1.29, 1.82) is 0 Å². The fourth-order valence-electron chi connectivity index (χ4n) is 2.78. The number of aromatic nitrogens is 3. The number of carbonyl (C=O) groups is 1. The molecule has 1 aliphatic carbocycles. The van der Waals surface area contributed by atoms with Crippen molar-refractivity contribution in [3.8, 4) is 0 Å². The number of aromatic carboxylic acids is 1. The van der Waals surface area contributed by atoms with Crippen molar-refractivity contribution in [3.05, 3.63) is 22.8 Å². The third kappa shape index (κ3) is 3.07. The molecule has 3 rings (SSSR count). The van der Waals surface area contributed by atoms with Crippen LogP contribution in [0.1, 0.15) is 53.5 Å². The van der Waals surface area contributed by atoms with Gasteiger partial charge in [-0.05, 0) is 19.8 Å². The molecule has 0 unspecified atom stereocenters. The van der Waals surface area contributed by atoms with Crippen molar-refractivity contribution in [2.75, 3.05) is 5.32 Å². The quantitative estimate of drug-likeness (QED) is 0.902. The van der Waals surface area contributed by atoms with Crippen LogP contribution in [0.4, 0.5) is 10.9 Å². The van der Waals surface area contributed by atoms with Gasteiger partial charge in [0.2, 0.25) is 0 Å². The van der Waals surface area contributed by atoms with E-state index in [2.05, 4.69) is 27.0 Å². The summed E-state index contributed by atoms with van der Waals surface area (Å²) >= 11 is 1.12. The Morgan fingerprint density at radius 2 is 2.19 bits per heavy atom. The third-order valence-electron chi connectivity index (χ3n) is 3.79. The Labute approximate surface area is 126 Å². The van der Waals surface area contributed by atoms with Gasteiger partial charge in [-0.3, -0.25) is 4.68 Å². The number of hydrogen-bond donors (Lipinski definition) is 2. The number of rotatable bonds is 4. The third-order valence-corrected chi connectivity index (χ3v) is 4.70. The van der Waals surface area contributed by atoms with Crippen LogP contribution in [0.2, 0.25) is 0 Å². The van der Waals surface area contributed by atoms with Gasteiger partial charge < -0.3 is 10.4 Å². The van der Waals surface area contributed by atoms with E-state index in [-0.39, 0.29) is 4.88 Å². The Hall–Kier alpha value is -1.89. The fraction of sp³-hybridized carbons (Fsp3) is 0.500. The van der Waals surface area contributed by atoms with Gasteiger partial charge in [-0.2, -0.15) is 5.10 Å². The lowest BCUT2D eigenvalue weighted by molar-refractivity contribution is 0.0702. The highest BCUT2D eigenvalue weighted by atomic mass is 32.1. The number of aryl methyl sites for hydroxylation is 1. The zero-order valence-corrected chi connectivity index (χ0v) is 12.7. The summed E-state index contributed by atoms with van der Waals surface area (Å²) in [6, 6.07) is 2.47. The van der Waals surface area contributed by atoms with Crippen LogP contribution in [-0.4, -0.2) is 25.8 Å². The van der Waals surface area contributed by atoms with Gasteiger partial charge in [-0.15, -0.1) is 0 Å². The highest BCUT2D eigenvalue weighted by Crippen LogP contribution is 2.30. The number of carboxylic acid groups (broad SMARTS) is 1. The Bertz CT molecular complexity index is 643. The molecule has 7 heteroatoms. The minimum atomic E-state index is -0.954. The summed E-state index contributed by atoms with van der Waals surface area (Å²) in [5.74, 6) is -0.228. The minimum Gasteiger partial charge on any atom is -0.477 e. The number of anilines is 2. The van der Waals surface area contributed by atoms with E-state index in [1.165, 1.54) is 38.3 Å². The van der Waals surface area contributed by atoms with Gasteiger partial charge in [0, 0.05) is 11.8 Å². The van der Waals surface area contributed by atoms with Crippen molar-refractivity contribution in [2.24, 2.45) is 0 Å². The predicted octanol–water partition coefficient (Wildman–Crippen LogP) is 3.60. The molecule has 0 aromatic carbocycles. The average Bonchev–Trinajstić information content (AvgIpc) is 3.07. The Kier molecular flexibility index (Phi) is 3.92. The minimum absolute atomic E-state index is 0.223. The van der Waals surface area contributed by atoms with Crippen molar-refractivity contribution >= 4 is 28.3 Å². The molecule has 0 amide bonds. The van der Waals surface area contributed by atoms with Gasteiger partial charge in [0.05, 0.1) is 12.2 Å². The van der Waals surface area contributed by atoms with E-state index in [1.807, 2.05) is 6.07 Å². The fourth-order valence-corrected chi connectivity index (χ4v) is 3.45. The summed E-state index contributed by atoms with van der Waals surface area (Å²) in [6.45, 7) is 2.05. The first kappa shape index (κ1) is 14.1. The number of thiazole rings is 1. The molecule has 0 atom stereocenters. The zero-order valence-electron chi connectivity index (χ0n) is 11.9. The van der Waals surface area contributed by atoms with Crippen LogP contribution >= 0.6 is 11.3 Å². The van der Waals surface area contributed by atoms with Crippen LogP contribution in [0.5, 0.6) is 0 Å². The second-order valence-electron chi connectivity index (χ2n) is 5.37. The number of hydrogen-bond acceptors (Lipinski definition) is 5. The smallest absolute Gasteiger partial charge is 0.347 e. The standard InChI is InChI=1S/C14H18N4O2S/c1-9-7-12(16-14-15-8-11(21-14)13(19)20)17-18(9)10-5-3-2-4-6-10/h7-8,10H,2-6H2,1H3,(H,19,20)(H,15,16,17). The lowest BCUT2D eigenvalue weighted by Crippen LogP contribution is -2.15. The summed E-state index contributed by atoms with van der Waals surface area (Å²) in [7, 11) is 0. The molecule has 1 fully saturated rings. The normalized spacial score (nSPS) is 16.0. The van der Waals surface area contributed by atoms with Crippen molar-refractivity contribution in [3.63, 3.8) is 0 Å². The Morgan fingerprint density at radius 1 is 1.43 bits per heavy atom. The monoisotopic (exact) mass is 306 g/mol. The van der Waals surface area contributed by atoms with E-state index in [0.717, 1.165) is 22.8 Å². The summed E-state index contributed by atoms with van der Waals surface area (Å²) in [6.07, 6.45) is 7.58. The summed E-state index contributed by atoms with van der Waals surface area (Å²) in [4.78, 5) is 15.1. The molecule has 1 saturated carbocycles. The van der Waals surface area contributed by atoms with E-state index in [4.69, 9.17) is 5.11 Å². The molecule has 1 aliphatic rings. The van der Waals surface area contributed by atoms with E-state index < -0.39 is 5.97 Å². The number of carboxylic acids is 1. The van der Waals surface area contributed by atoms with E-state index in [9.17, 15) is 4.79 Å². The first-order chi connectivity index (χ1) is 10.1. The molecule has 0 spiro atoms. The van der Waals surface area contributed by atoms with Crippen molar-refractivity contribution in [2.45, 2.75) is 45.1 Å². The van der Waals surface area contributed by atoms with Gasteiger partial charge in [-0.25, -0.2) is 9.78 Å². The Morgan fingerprint density at radius 3 is 2.86 bits per heavy atom. The molecule has 0 saturated heterocycles. The SMILES string of the molecule is Cc1cc(Nc2ncc(C(=O)O)s2)nn1C1CCCCC1. The van der Waals surface area contributed by atoms with Gasteiger partial charge in [0.15, 0.2) is 10.9 Å². The molecular weight excluding hydrogens is 288 g/mol. The lowest BCUT2D eigenvalue weighted by atomic mass is 9.95. The van der Waals surface area contributed by atoms with Crippen LogP contribution in [0, 0.1) is 6.92 Å². The number of nitrogens with zero attached hydrogens (tertiary/aromatic N) is 3. The molecule has 6 nitrogen and oxygen atoms in total. The molecule has 2 aromatic heterocycles. The van der Waals surface area contributed by atoms with Crippen LogP contribution < -0.4 is 5.32 Å². The first-order valence-electron chi connectivity index (χ1n) is 7.16. The van der Waals surface area contributed by atoms with Crippen molar-refractivity contribution < 1.29 is 9.90 Å². The van der Waals surface area contributed by atoms with E-state index in [1.54, 1.807) is 0 Å². The molecule has 2 heterocycles. The maximum absolute atomic E-state index is 10.9. The second kappa shape index (κ2) is 5.85. The predicted molar refractivity (Wildman–Crippen MR) is 81.4 cm³/mol. The molecule has 0 radical (unpaired) electrons. The summed E-state index contributed by atoms with van der Waals surface area (Å²) < 4.78 is 2.09. The van der Waals surface area contributed by atoms with Crippen LogP contribution in [-0.2, 0) is 0 Å². The highest BCUT2D eigenvalue weighted by Gasteiger charge is 2.18. The number of nitrogens with one attached hydrogen (secondary N) is 1. The highest BCUT2D eigenvalue weighted by molar-refractivity contribution is 7.17. The topological polar surface area (TPSA) is 80.0 Å². The second-order valence-corrected chi connectivity index (χ2v) is 6.40. The van der Waals surface area contributed by atoms with Crippen LogP contribution in [0.15, 0.2) is 12.3 Å². The van der Waals surface area contributed by atoms with E-state index >= 15 is 0 Å². The molecule has 2 aromatic rings. The maximum Gasteiger partial charge on any atom is 0.347 e. The van der Waals surface area contributed by atoms with Gasteiger partial charge >= 0.3 is 5.97 Å². The molecule has 0 bridgehead atoms. The molecular formula is C14H18N4O2S. The largest absolute Gasteiger partial charge is 0.477 e. The first-order valence-corrected chi connectivity index (χ1v) is 7.97. The molecule has 0 aliphatic heterocycles. The maximum atomic E-state index is 10.9. The molecule has 21 heavy (non-hydrogen) atoms. The van der Waals surface area contributed by atoms with Gasteiger partial charge in [-0.1, -0.05) is 30.6 Å². The lowest BCUT2D eigenvalue weighted by Gasteiger charge is -2.23. The van der Waals surface area contributed by atoms with E-state index in [0.29, 0.717) is 11.2 Å². The van der Waals surface area contributed by atoms with Gasteiger partial charge in [0.1, 0.15) is 4.88 Å². The van der Waals surface area contributed by atoms with Gasteiger partial charge in [0.25, 0.3) is 0 Å². The molecule has 2 N–H and O–H groups in total. The summed E-state index contributed by atoms with van der Waals surface area (Å²) in [5.41, 5.74) is 1.12. The average molecular weight is 306 g/mol. The zero-order chi connectivity index (χ0) is 14.8. The van der Waals surface area contributed by atoms with Crippen LogP contribution in [0.3, 0.4) is 0 Å². The van der Waals surface area contributed by atoms with Crippen LogP contribution in [0.25, 0.3) is 0 Å².